The fraction of sp³-hybridized carbons (Fsp3) is 0. The third kappa shape index (κ3) is 2.13. The maximum Gasteiger partial charge on any atom is 0.0320 e. The Morgan fingerprint density at radius 3 is 1.44 bits per heavy atom. The number of rotatable bonds is 3. The Bertz CT molecular complexity index is 557. The Morgan fingerprint density at radius 1 is 0.722 bits per heavy atom. The number of hydrogen-bond donors (Lipinski definition) is 2. The molecule has 0 aliphatic carbocycles. The minimum absolute atomic E-state index is 0.726. The normalized spacial score (nSPS) is 10.0. The highest BCUT2D eigenvalue weighted by Gasteiger charge is 2.07. The molecule has 0 saturated carbocycles. The van der Waals surface area contributed by atoms with Crippen molar-refractivity contribution in [2.45, 2.75) is 0 Å². The van der Waals surface area contributed by atoms with E-state index in [9.17, 15) is 0 Å². The van der Waals surface area contributed by atoms with Gasteiger partial charge in [-0.3, -0.25) is 0 Å². The summed E-state index contributed by atoms with van der Waals surface area (Å²) in [5.74, 6) is 0. The topological polar surface area (TPSA) is 52.0 Å². The molecule has 2 rings (SSSR count). The molecular formula is C16H16N2. The largest absolute Gasteiger partial charge is 0.399 e. The number of nitrogens with two attached hydrogens (primary N) is 2. The summed E-state index contributed by atoms with van der Waals surface area (Å²) in [6.07, 6.45) is 3.60. The lowest BCUT2D eigenvalue weighted by Crippen LogP contribution is -1.92. The summed E-state index contributed by atoms with van der Waals surface area (Å²) in [7, 11) is 0. The lowest BCUT2D eigenvalue weighted by Gasteiger charge is -2.11. The minimum atomic E-state index is 0.726. The van der Waals surface area contributed by atoms with Gasteiger partial charge in [-0.1, -0.05) is 37.4 Å². The van der Waals surface area contributed by atoms with E-state index in [2.05, 4.69) is 13.2 Å². The van der Waals surface area contributed by atoms with Gasteiger partial charge in [0.1, 0.15) is 0 Å². The summed E-state index contributed by atoms with van der Waals surface area (Å²) in [6.45, 7) is 7.65. The van der Waals surface area contributed by atoms with E-state index in [1.54, 1.807) is 12.2 Å². The van der Waals surface area contributed by atoms with Gasteiger partial charge in [-0.2, -0.15) is 0 Å². The Kier molecular flexibility index (Phi) is 3.20. The van der Waals surface area contributed by atoms with E-state index in [4.69, 9.17) is 11.5 Å². The molecule has 2 aromatic rings. The lowest BCUT2D eigenvalue weighted by atomic mass is 9.94. The molecule has 0 radical (unpaired) electrons. The monoisotopic (exact) mass is 236 g/mol. The fourth-order valence-corrected chi connectivity index (χ4v) is 1.99. The van der Waals surface area contributed by atoms with Crippen LogP contribution in [0, 0.1) is 0 Å². The Morgan fingerprint density at radius 2 is 1.11 bits per heavy atom. The van der Waals surface area contributed by atoms with Gasteiger partial charge in [0, 0.05) is 11.4 Å². The van der Waals surface area contributed by atoms with Crippen molar-refractivity contribution in [3.8, 4) is 11.1 Å². The van der Waals surface area contributed by atoms with E-state index in [1.165, 1.54) is 0 Å². The molecule has 2 heteroatoms. The van der Waals surface area contributed by atoms with Gasteiger partial charge in [0.05, 0.1) is 0 Å². The Balaban J connectivity index is 2.68. The van der Waals surface area contributed by atoms with Crippen molar-refractivity contribution in [2.24, 2.45) is 0 Å². The van der Waals surface area contributed by atoms with E-state index in [-0.39, 0.29) is 0 Å². The van der Waals surface area contributed by atoms with Gasteiger partial charge in [0.15, 0.2) is 0 Å². The predicted molar refractivity (Wildman–Crippen MR) is 80.9 cm³/mol. The number of benzene rings is 2. The Labute approximate surface area is 107 Å². The van der Waals surface area contributed by atoms with Crippen LogP contribution in [0.3, 0.4) is 0 Å². The predicted octanol–water partition coefficient (Wildman–Crippen LogP) is 3.80. The molecule has 0 spiro atoms. The minimum Gasteiger partial charge on any atom is -0.399 e. The van der Waals surface area contributed by atoms with E-state index in [1.807, 2.05) is 36.4 Å². The first-order chi connectivity index (χ1) is 8.65. The van der Waals surface area contributed by atoms with Gasteiger partial charge < -0.3 is 11.5 Å². The molecule has 90 valence electrons. The average molecular weight is 236 g/mol. The zero-order chi connectivity index (χ0) is 13.1. The summed E-state index contributed by atoms with van der Waals surface area (Å²) in [6, 6.07) is 11.6. The standard InChI is InChI=1S/C16H16N2/c1-3-11-9-13(17)5-7-15(11)16-8-6-14(18)10-12(16)4-2/h3-10H,1-2,17-18H2. The Hall–Kier alpha value is -2.48. The number of hydrogen-bond acceptors (Lipinski definition) is 2. The smallest absolute Gasteiger partial charge is 0.0320 e. The molecule has 0 amide bonds. The highest BCUT2D eigenvalue weighted by atomic mass is 14.5. The molecule has 0 aliphatic rings. The third-order valence-electron chi connectivity index (χ3n) is 2.88. The first kappa shape index (κ1) is 12.0. The maximum absolute atomic E-state index is 5.79. The van der Waals surface area contributed by atoms with Crippen molar-refractivity contribution in [1.82, 2.24) is 0 Å². The molecule has 4 N–H and O–H groups in total. The van der Waals surface area contributed by atoms with Crippen LogP contribution in [-0.4, -0.2) is 0 Å². The van der Waals surface area contributed by atoms with Crippen molar-refractivity contribution in [2.75, 3.05) is 11.5 Å². The van der Waals surface area contributed by atoms with E-state index in [0.29, 0.717) is 0 Å². The summed E-state index contributed by atoms with van der Waals surface area (Å²) >= 11 is 0. The summed E-state index contributed by atoms with van der Waals surface area (Å²) < 4.78 is 0. The molecule has 2 nitrogen and oxygen atoms in total. The van der Waals surface area contributed by atoms with E-state index in [0.717, 1.165) is 33.6 Å². The van der Waals surface area contributed by atoms with Crippen LogP contribution in [0.5, 0.6) is 0 Å². The lowest BCUT2D eigenvalue weighted by molar-refractivity contribution is 1.56. The van der Waals surface area contributed by atoms with Crippen molar-refractivity contribution >= 4 is 23.5 Å². The molecule has 0 atom stereocenters. The van der Waals surface area contributed by atoms with Crippen LogP contribution in [0.15, 0.2) is 49.6 Å². The van der Waals surface area contributed by atoms with Crippen LogP contribution in [0.25, 0.3) is 23.3 Å². The van der Waals surface area contributed by atoms with Crippen LogP contribution >= 0.6 is 0 Å². The summed E-state index contributed by atoms with van der Waals surface area (Å²) in [5.41, 5.74) is 17.2. The summed E-state index contributed by atoms with van der Waals surface area (Å²) in [4.78, 5) is 0. The van der Waals surface area contributed by atoms with Crippen LogP contribution in [0.2, 0.25) is 0 Å². The van der Waals surface area contributed by atoms with Crippen molar-refractivity contribution in [1.29, 1.82) is 0 Å². The average Bonchev–Trinajstić information content (AvgIpc) is 2.38. The van der Waals surface area contributed by atoms with Crippen LogP contribution in [0.1, 0.15) is 11.1 Å². The van der Waals surface area contributed by atoms with Gasteiger partial charge in [-0.25, -0.2) is 0 Å². The van der Waals surface area contributed by atoms with Gasteiger partial charge in [-0.15, -0.1) is 0 Å². The first-order valence-corrected chi connectivity index (χ1v) is 5.70. The molecule has 0 bridgehead atoms. The zero-order valence-electron chi connectivity index (χ0n) is 10.2. The van der Waals surface area contributed by atoms with Gasteiger partial charge in [0.25, 0.3) is 0 Å². The molecule has 0 heterocycles. The van der Waals surface area contributed by atoms with Crippen molar-refractivity contribution in [3.63, 3.8) is 0 Å². The van der Waals surface area contributed by atoms with Gasteiger partial charge in [-0.05, 0) is 46.5 Å². The second-order valence-electron chi connectivity index (χ2n) is 4.10. The molecule has 0 aliphatic heterocycles. The summed E-state index contributed by atoms with van der Waals surface area (Å²) in [5, 5.41) is 0. The van der Waals surface area contributed by atoms with E-state index < -0.39 is 0 Å². The number of anilines is 2. The van der Waals surface area contributed by atoms with E-state index >= 15 is 0 Å². The highest BCUT2D eigenvalue weighted by Crippen LogP contribution is 2.31. The molecule has 18 heavy (non-hydrogen) atoms. The molecule has 0 fully saturated rings. The van der Waals surface area contributed by atoms with Crippen molar-refractivity contribution in [3.05, 3.63) is 60.7 Å². The maximum atomic E-state index is 5.79. The second-order valence-corrected chi connectivity index (χ2v) is 4.10. The zero-order valence-corrected chi connectivity index (χ0v) is 10.2. The van der Waals surface area contributed by atoms with Gasteiger partial charge in [0.2, 0.25) is 0 Å². The fourth-order valence-electron chi connectivity index (χ4n) is 1.99. The van der Waals surface area contributed by atoms with Crippen LogP contribution < -0.4 is 11.5 Å². The van der Waals surface area contributed by atoms with Gasteiger partial charge >= 0.3 is 0 Å². The molecule has 0 saturated heterocycles. The molecule has 0 unspecified atom stereocenters. The first-order valence-electron chi connectivity index (χ1n) is 5.70. The highest BCUT2D eigenvalue weighted by molar-refractivity contribution is 5.83. The molecule has 0 aromatic heterocycles. The second kappa shape index (κ2) is 4.80. The number of nitrogen functional groups attached to an aromatic ring is 2. The molecular weight excluding hydrogens is 220 g/mol. The molecule has 2 aromatic carbocycles. The third-order valence-corrected chi connectivity index (χ3v) is 2.88. The van der Waals surface area contributed by atoms with Crippen LogP contribution in [-0.2, 0) is 0 Å². The quantitative estimate of drug-likeness (QED) is 0.796. The van der Waals surface area contributed by atoms with Crippen LogP contribution in [0.4, 0.5) is 11.4 Å². The SMILES string of the molecule is C=Cc1cc(N)ccc1-c1ccc(N)cc1C=C. The van der Waals surface area contributed by atoms with Crippen molar-refractivity contribution < 1.29 is 0 Å².